The van der Waals surface area contributed by atoms with E-state index in [-0.39, 0.29) is 49.1 Å². The summed E-state index contributed by atoms with van der Waals surface area (Å²) >= 11 is 5.87. The Kier molecular flexibility index (Phi) is 10.8. The largest absolute Gasteiger partial charge is 0.481 e. The van der Waals surface area contributed by atoms with Crippen molar-refractivity contribution in [2.24, 2.45) is 11.8 Å². The molecule has 10 heteroatoms. The van der Waals surface area contributed by atoms with E-state index in [2.05, 4.69) is 24.1 Å². The van der Waals surface area contributed by atoms with Gasteiger partial charge in [0.05, 0.1) is 43.3 Å². The van der Waals surface area contributed by atoms with Crippen LogP contribution in [0.5, 0.6) is 0 Å². The Morgan fingerprint density at radius 3 is 2.48 bits per heavy atom. The molecule has 2 N–H and O–H groups in total. The first-order valence-electron chi connectivity index (χ1n) is 14.7. The Bertz CT molecular complexity index is 1250. The average molecular weight is 609 g/mol. The summed E-state index contributed by atoms with van der Waals surface area (Å²) in [5.74, 6) is -5.87. The zero-order chi connectivity index (χ0) is 30.4. The molecule has 0 spiro atoms. The second-order valence-corrected chi connectivity index (χ2v) is 12.5. The fourth-order valence-corrected chi connectivity index (χ4v) is 5.87. The number of carbonyl (C=O) groups is 2. The maximum absolute atomic E-state index is 14.5. The standard InChI is InChI=1S/C32H40ClF3N2O4/c1-20(2)17-38(26-6-4-3-5-7-26)29-11-9-21(23(14-31(40)41)18-42-19-24-16-32(24,35)36)12-28(29)37-30(39)13-22-8-10-25(33)15-27(22)34/h8-12,15,20,23-24,26H,3-7,13-14,16-19H2,1-2H3,(H,37,39)(H,40,41). The minimum atomic E-state index is -2.72. The fraction of sp³-hybridized carbons (Fsp3) is 0.562. The second kappa shape index (κ2) is 14.1. The van der Waals surface area contributed by atoms with Gasteiger partial charge in [0.25, 0.3) is 5.92 Å². The number of hydrogen-bond acceptors (Lipinski definition) is 4. The summed E-state index contributed by atoms with van der Waals surface area (Å²) in [5.41, 5.74) is 2.14. The van der Waals surface area contributed by atoms with Crippen molar-refractivity contribution in [2.75, 3.05) is 30.0 Å². The topological polar surface area (TPSA) is 78.9 Å². The number of hydrogen-bond donors (Lipinski definition) is 2. The molecule has 2 fully saturated rings. The van der Waals surface area contributed by atoms with Crippen LogP contribution in [-0.2, 0) is 20.7 Å². The van der Waals surface area contributed by atoms with Crippen molar-refractivity contribution < 1.29 is 32.6 Å². The normalized spacial score (nSPS) is 19.0. The molecule has 42 heavy (non-hydrogen) atoms. The lowest BCUT2D eigenvalue weighted by Crippen LogP contribution is -2.40. The summed E-state index contributed by atoms with van der Waals surface area (Å²) in [6, 6.07) is 9.94. The summed E-state index contributed by atoms with van der Waals surface area (Å²) in [7, 11) is 0. The number of amides is 1. The Balaban J connectivity index is 1.64. The molecule has 0 aliphatic heterocycles. The minimum absolute atomic E-state index is 0.0417. The maximum Gasteiger partial charge on any atom is 0.304 e. The first-order valence-corrected chi connectivity index (χ1v) is 15.1. The number of halogens is 4. The molecule has 4 rings (SSSR count). The minimum Gasteiger partial charge on any atom is -0.481 e. The van der Waals surface area contributed by atoms with Crippen LogP contribution in [0.1, 0.15) is 75.8 Å². The maximum atomic E-state index is 14.5. The highest BCUT2D eigenvalue weighted by molar-refractivity contribution is 6.30. The van der Waals surface area contributed by atoms with Gasteiger partial charge in [-0.05, 0) is 54.2 Å². The summed E-state index contributed by atoms with van der Waals surface area (Å²) in [6.45, 7) is 4.85. The molecular formula is C32H40ClF3N2O4. The van der Waals surface area contributed by atoms with Gasteiger partial charge in [0.15, 0.2) is 0 Å². The van der Waals surface area contributed by atoms with Crippen molar-refractivity contribution in [1.29, 1.82) is 0 Å². The van der Waals surface area contributed by atoms with E-state index in [1.807, 2.05) is 12.1 Å². The molecule has 1 amide bonds. The molecule has 0 bridgehead atoms. The summed E-state index contributed by atoms with van der Waals surface area (Å²) in [5, 5.41) is 12.8. The number of benzene rings is 2. The van der Waals surface area contributed by atoms with Gasteiger partial charge in [-0.2, -0.15) is 0 Å². The second-order valence-electron chi connectivity index (χ2n) is 12.1. The van der Waals surface area contributed by atoms with Crippen LogP contribution < -0.4 is 10.2 Å². The van der Waals surface area contributed by atoms with Crippen LogP contribution >= 0.6 is 11.6 Å². The van der Waals surface area contributed by atoms with E-state index >= 15 is 0 Å². The first kappa shape index (κ1) is 32.1. The highest BCUT2D eigenvalue weighted by atomic mass is 35.5. The molecule has 2 aromatic rings. The number of nitrogens with one attached hydrogen (secondary N) is 1. The quantitative estimate of drug-likeness (QED) is 0.230. The number of aliphatic carboxylic acids is 1. The molecule has 2 aliphatic rings. The van der Waals surface area contributed by atoms with E-state index in [1.165, 1.54) is 18.6 Å². The molecular weight excluding hydrogens is 569 g/mol. The van der Waals surface area contributed by atoms with Gasteiger partial charge < -0.3 is 20.1 Å². The lowest BCUT2D eigenvalue weighted by Gasteiger charge is -2.38. The third-order valence-electron chi connectivity index (χ3n) is 8.03. The van der Waals surface area contributed by atoms with E-state index < -0.39 is 35.5 Å². The van der Waals surface area contributed by atoms with Crippen molar-refractivity contribution >= 4 is 34.9 Å². The predicted octanol–water partition coefficient (Wildman–Crippen LogP) is 7.69. The fourth-order valence-electron chi connectivity index (χ4n) is 5.71. The van der Waals surface area contributed by atoms with Crippen molar-refractivity contribution in [1.82, 2.24) is 0 Å². The highest BCUT2D eigenvalue weighted by Crippen LogP contribution is 2.48. The summed E-state index contributed by atoms with van der Waals surface area (Å²) in [6.07, 6.45) is 4.78. The van der Waals surface area contributed by atoms with Crippen LogP contribution in [0.15, 0.2) is 36.4 Å². The Labute approximate surface area is 250 Å². The molecule has 0 aromatic heterocycles. The zero-order valence-electron chi connectivity index (χ0n) is 24.2. The number of carbonyl (C=O) groups excluding carboxylic acids is 1. The summed E-state index contributed by atoms with van der Waals surface area (Å²) < 4.78 is 46.7. The number of alkyl halides is 2. The van der Waals surface area contributed by atoms with Gasteiger partial charge in [-0.25, -0.2) is 13.2 Å². The molecule has 2 saturated carbocycles. The SMILES string of the molecule is CC(C)CN(c1ccc(C(COCC2CC2(F)F)CC(=O)O)cc1NC(=O)Cc1ccc(Cl)cc1F)C1CCCCC1. The third kappa shape index (κ3) is 8.86. The van der Waals surface area contributed by atoms with Gasteiger partial charge in [-0.1, -0.05) is 56.8 Å². The number of ether oxygens (including phenoxy) is 1. The Hall–Kier alpha value is -2.78. The Morgan fingerprint density at radius 1 is 1.14 bits per heavy atom. The highest BCUT2D eigenvalue weighted by Gasteiger charge is 2.56. The van der Waals surface area contributed by atoms with Crippen molar-refractivity contribution in [3.63, 3.8) is 0 Å². The van der Waals surface area contributed by atoms with Crippen LogP contribution in [0.2, 0.25) is 5.02 Å². The van der Waals surface area contributed by atoms with Gasteiger partial charge in [0, 0.05) is 29.9 Å². The van der Waals surface area contributed by atoms with Crippen LogP contribution in [-0.4, -0.2) is 48.7 Å². The molecule has 0 radical (unpaired) electrons. The van der Waals surface area contributed by atoms with Crippen molar-refractivity contribution in [3.8, 4) is 0 Å². The molecule has 2 aromatic carbocycles. The summed E-state index contributed by atoms with van der Waals surface area (Å²) in [4.78, 5) is 27.3. The molecule has 6 nitrogen and oxygen atoms in total. The average Bonchev–Trinajstić information content (AvgIpc) is 3.54. The van der Waals surface area contributed by atoms with Crippen LogP contribution in [0.3, 0.4) is 0 Å². The van der Waals surface area contributed by atoms with Gasteiger partial charge in [0.1, 0.15) is 5.82 Å². The van der Waals surface area contributed by atoms with Crippen LogP contribution in [0.4, 0.5) is 24.5 Å². The van der Waals surface area contributed by atoms with Crippen molar-refractivity contribution in [2.45, 2.75) is 83.1 Å². The number of carboxylic acid groups (broad SMARTS) is 1. The molecule has 2 unspecified atom stereocenters. The molecule has 2 aliphatic carbocycles. The van der Waals surface area contributed by atoms with Gasteiger partial charge in [-0.3, -0.25) is 9.59 Å². The first-order chi connectivity index (χ1) is 19.9. The number of anilines is 2. The van der Waals surface area contributed by atoms with Gasteiger partial charge >= 0.3 is 5.97 Å². The van der Waals surface area contributed by atoms with Gasteiger partial charge in [-0.15, -0.1) is 0 Å². The molecule has 2 atom stereocenters. The lowest BCUT2D eigenvalue weighted by molar-refractivity contribution is -0.137. The predicted molar refractivity (Wildman–Crippen MR) is 158 cm³/mol. The van der Waals surface area contributed by atoms with Crippen molar-refractivity contribution in [3.05, 3.63) is 58.4 Å². The van der Waals surface area contributed by atoms with E-state index in [1.54, 1.807) is 6.07 Å². The number of rotatable bonds is 14. The zero-order valence-corrected chi connectivity index (χ0v) is 24.9. The smallest absolute Gasteiger partial charge is 0.304 e. The molecule has 0 saturated heterocycles. The Morgan fingerprint density at radius 2 is 1.86 bits per heavy atom. The van der Waals surface area contributed by atoms with E-state index in [0.29, 0.717) is 17.2 Å². The number of nitrogens with zero attached hydrogens (tertiary/aromatic N) is 1. The molecule has 230 valence electrons. The third-order valence-corrected chi connectivity index (χ3v) is 8.27. The van der Waals surface area contributed by atoms with E-state index in [4.69, 9.17) is 16.3 Å². The van der Waals surface area contributed by atoms with Gasteiger partial charge in [0.2, 0.25) is 5.91 Å². The molecule has 0 heterocycles. The van der Waals surface area contributed by atoms with Crippen LogP contribution in [0.25, 0.3) is 0 Å². The number of carboxylic acids is 1. The van der Waals surface area contributed by atoms with E-state index in [0.717, 1.165) is 44.0 Å². The van der Waals surface area contributed by atoms with Crippen LogP contribution in [0, 0.1) is 17.7 Å². The monoisotopic (exact) mass is 608 g/mol. The lowest BCUT2D eigenvalue weighted by atomic mass is 9.91. The van der Waals surface area contributed by atoms with E-state index in [9.17, 15) is 27.9 Å².